The minimum atomic E-state index is -0.415. The smallest absolute Gasteiger partial charge is 0.162 e. The molecule has 2 aromatic carbocycles. The van der Waals surface area contributed by atoms with Gasteiger partial charge >= 0.3 is 0 Å². The number of hydrogen-bond acceptors (Lipinski definition) is 4. The van der Waals surface area contributed by atoms with Gasteiger partial charge in [0.15, 0.2) is 11.6 Å². The lowest BCUT2D eigenvalue weighted by Crippen LogP contribution is -2.44. The summed E-state index contributed by atoms with van der Waals surface area (Å²) in [5.41, 5.74) is 5.43. The normalized spacial score (nSPS) is 21.4. The van der Waals surface area contributed by atoms with Gasteiger partial charge in [0.2, 0.25) is 0 Å². The minimum Gasteiger partial charge on any atom is -0.496 e. The number of benzene rings is 2. The number of ether oxygens (including phenoxy) is 1. The summed E-state index contributed by atoms with van der Waals surface area (Å²) in [5, 5.41) is 0. The van der Waals surface area contributed by atoms with E-state index in [1.54, 1.807) is 7.11 Å². The van der Waals surface area contributed by atoms with Crippen LogP contribution in [0.3, 0.4) is 0 Å². The Morgan fingerprint density at radius 3 is 1.94 bits per heavy atom. The summed E-state index contributed by atoms with van der Waals surface area (Å²) in [7, 11) is 1.65. The number of methoxy groups -OCH3 is 1. The van der Waals surface area contributed by atoms with Crippen molar-refractivity contribution in [3.63, 3.8) is 0 Å². The third kappa shape index (κ3) is 4.47. The molecular formula is C31H34BrNO3. The van der Waals surface area contributed by atoms with Crippen LogP contribution in [0.5, 0.6) is 5.75 Å². The van der Waals surface area contributed by atoms with E-state index in [1.165, 1.54) is 5.56 Å². The quantitative estimate of drug-likeness (QED) is 0.401. The van der Waals surface area contributed by atoms with Gasteiger partial charge in [0.25, 0.3) is 0 Å². The fraction of sp³-hybridized carbons (Fsp3) is 0.419. The van der Waals surface area contributed by atoms with Crippen molar-refractivity contribution in [1.29, 1.82) is 0 Å². The highest BCUT2D eigenvalue weighted by atomic mass is 79.9. The van der Waals surface area contributed by atoms with Crippen molar-refractivity contribution in [2.24, 2.45) is 10.8 Å². The highest BCUT2D eigenvalue weighted by molar-refractivity contribution is 9.10. The molecule has 1 aliphatic heterocycles. The summed E-state index contributed by atoms with van der Waals surface area (Å²) in [6.45, 7) is 9.33. The molecule has 0 saturated carbocycles. The molecule has 3 aliphatic rings. The van der Waals surface area contributed by atoms with Crippen molar-refractivity contribution >= 4 is 27.5 Å². The van der Waals surface area contributed by atoms with Gasteiger partial charge in [-0.3, -0.25) is 9.59 Å². The summed E-state index contributed by atoms with van der Waals surface area (Å²) in [5.74, 6) is 0.557. The van der Waals surface area contributed by atoms with Crippen LogP contribution in [0.15, 0.2) is 75.5 Å². The van der Waals surface area contributed by atoms with Crippen molar-refractivity contribution in [3.8, 4) is 5.75 Å². The lowest BCUT2D eigenvalue weighted by atomic mass is 9.63. The largest absolute Gasteiger partial charge is 0.496 e. The molecule has 2 aromatic rings. The predicted octanol–water partition coefficient (Wildman–Crippen LogP) is 7.34. The van der Waals surface area contributed by atoms with Crippen LogP contribution < -0.4 is 4.74 Å². The molecule has 1 heterocycles. The number of ketones is 2. The number of carbonyl (C=O) groups is 2. The number of allylic oxidation sites excluding steroid dienone is 4. The second kappa shape index (κ2) is 9.02. The molecule has 36 heavy (non-hydrogen) atoms. The number of Topliss-reactive ketones (excluding diaryl/α,β-unsaturated/α-hetero) is 2. The number of carbonyl (C=O) groups excluding carboxylic acids is 2. The topological polar surface area (TPSA) is 46.6 Å². The monoisotopic (exact) mass is 547 g/mol. The molecule has 0 bridgehead atoms. The minimum absolute atomic E-state index is 0.135. The van der Waals surface area contributed by atoms with Gasteiger partial charge in [-0.2, -0.15) is 0 Å². The van der Waals surface area contributed by atoms with Crippen LogP contribution in [0.4, 0.5) is 0 Å². The molecule has 5 heteroatoms. The molecule has 0 fully saturated rings. The SMILES string of the molecule is COc1ccc(Br)cc1C1C2=C(CC(C)(C)CC2=O)N(Cc2ccccc2)C2=C1C(=O)CC(C)(C)C2. The van der Waals surface area contributed by atoms with Crippen LogP contribution in [0.1, 0.15) is 70.4 Å². The molecule has 0 N–H and O–H groups in total. The maximum atomic E-state index is 13.9. The van der Waals surface area contributed by atoms with E-state index in [0.29, 0.717) is 25.1 Å². The van der Waals surface area contributed by atoms with Gasteiger partial charge in [0, 0.05) is 57.9 Å². The first-order chi connectivity index (χ1) is 17.0. The van der Waals surface area contributed by atoms with Crippen molar-refractivity contribution in [2.45, 2.75) is 65.8 Å². The van der Waals surface area contributed by atoms with E-state index >= 15 is 0 Å². The van der Waals surface area contributed by atoms with Crippen LogP contribution in [0.25, 0.3) is 0 Å². The van der Waals surface area contributed by atoms with Crippen LogP contribution in [-0.4, -0.2) is 23.6 Å². The third-order valence-electron chi connectivity index (χ3n) is 7.71. The average Bonchev–Trinajstić information content (AvgIpc) is 2.79. The molecule has 0 amide bonds. The van der Waals surface area contributed by atoms with Gasteiger partial charge in [-0.25, -0.2) is 0 Å². The standard InChI is InChI=1S/C31H34BrNO3/c1-30(2)14-22-28(24(34)16-30)27(21-13-20(32)11-12-26(21)36-5)29-23(15-31(3,4)17-25(29)35)33(22)18-19-9-7-6-8-10-19/h6-13,27H,14-18H2,1-5H3. The number of rotatable bonds is 4. The molecule has 0 radical (unpaired) electrons. The summed E-state index contributed by atoms with van der Waals surface area (Å²) in [6, 6.07) is 16.2. The lowest BCUT2D eigenvalue weighted by Gasteiger charge is -2.49. The van der Waals surface area contributed by atoms with Gasteiger partial charge in [-0.15, -0.1) is 0 Å². The van der Waals surface area contributed by atoms with Gasteiger partial charge in [-0.1, -0.05) is 74.0 Å². The van der Waals surface area contributed by atoms with E-state index in [9.17, 15) is 9.59 Å². The third-order valence-corrected chi connectivity index (χ3v) is 8.20. The van der Waals surface area contributed by atoms with E-state index in [1.807, 2.05) is 36.4 Å². The maximum absolute atomic E-state index is 13.9. The van der Waals surface area contributed by atoms with Gasteiger partial charge in [-0.05, 0) is 47.4 Å². The zero-order chi connectivity index (χ0) is 25.8. The molecule has 0 spiro atoms. The summed E-state index contributed by atoms with van der Waals surface area (Å²) in [4.78, 5) is 30.2. The average molecular weight is 549 g/mol. The van der Waals surface area contributed by atoms with Crippen LogP contribution in [-0.2, 0) is 16.1 Å². The highest BCUT2D eigenvalue weighted by Gasteiger charge is 2.49. The van der Waals surface area contributed by atoms with Crippen molar-refractivity contribution in [1.82, 2.24) is 4.90 Å². The number of nitrogens with zero attached hydrogens (tertiary/aromatic N) is 1. The van der Waals surface area contributed by atoms with Crippen LogP contribution in [0, 0.1) is 10.8 Å². The highest BCUT2D eigenvalue weighted by Crippen LogP contribution is 2.56. The Kier molecular flexibility index (Phi) is 6.27. The van der Waals surface area contributed by atoms with Gasteiger partial charge in [0.1, 0.15) is 5.75 Å². The zero-order valence-corrected chi connectivity index (χ0v) is 23.4. The molecule has 5 rings (SSSR count). The first kappa shape index (κ1) is 25.0. The van der Waals surface area contributed by atoms with Crippen molar-refractivity contribution in [2.75, 3.05) is 7.11 Å². The lowest BCUT2D eigenvalue weighted by molar-refractivity contribution is -0.119. The summed E-state index contributed by atoms with van der Waals surface area (Å²) < 4.78 is 6.69. The maximum Gasteiger partial charge on any atom is 0.162 e. The molecule has 2 aliphatic carbocycles. The molecule has 0 unspecified atom stereocenters. The molecular weight excluding hydrogens is 514 g/mol. The van der Waals surface area contributed by atoms with Crippen LogP contribution >= 0.6 is 15.9 Å². The Morgan fingerprint density at radius 2 is 1.42 bits per heavy atom. The predicted molar refractivity (Wildman–Crippen MR) is 146 cm³/mol. The first-order valence-electron chi connectivity index (χ1n) is 12.7. The molecule has 0 atom stereocenters. The Labute approximate surface area is 222 Å². The van der Waals surface area contributed by atoms with Gasteiger partial charge in [0.05, 0.1) is 7.11 Å². The second-order valence-electron chi connectivity index (χ2n) is 12.0. The molecule has 0 saturated heterocycles. The summed E-state index contributed by atoms with van der Waals surface area (Å²) in [6.07, 6.45) is 2.53. The van der Waals surface area contributed by atoms with E-state index < -0.39 is 5.92 Å². The van der Waals surface area contributed by atoms with E-state index in [2.05, 4.69) is 60.7 Å². The van der Waals surface area contributed by atoms with E-state index in [-0.39, 0.29) is 22.4 Å². The first-order valence-corrected chi connectivity index (χ1v) is 13.5. The Bertz CT molecular complexity index is 1250. The fourth-order valence-corrected chi connectivity index (χ4v) is 6.63. The Balaban J connectivity index is 1.80. The number of hydrogen-bond donors (Lipinski definition) is 0. The summed E-state index contributed by atoms with van der Waals surface area (Å²) >= 11 is 3.62. The molecule has 188 valence electrons. The molecule has 0 aromatic heterocycles. The van der Waals surface area contributed by atoms with Crippen molar-refractivity contribution < 1.29 is 14.3 Å². The van der Waals surface area contributed by atoms with E-state index in [0.717, 1.165) is 45.4 Å². The Hall–Kier alpha value is -2.66. The zero-order valence-electron chi connectivity index (χ0n) is 21.8. The van der Waals surface area contributed by atoms with Gasteiger partial charge < -0.3 is 9.64 Å². The number of halogens is 1. The van der Waals surface area contributed by atoms with E-state index in [4.69, 9.17) is 4.74 Å². The molecule has 4 nitrogen and oxygen atoms in total. The second-order valence-corrected chi connectivity index (χ2v) is 12.9. The van der Waals surface area contributed by atoms with Crippen LogP contribution in [0.2, 0.25) is 0 Å². The van der Waals surface area contributed by atoms with Crippen molar-refractivity contribution in [3.05, 3.63) is 86.7 Å². The fourth-order valence-electron chi connectivity index (χ4n) is 6.25. The Morgan fingerprint density at radius 1 is 0.861 bits per heavy atom.